The number of carbonyl (C=O) groups excluding carboxylic acids is 1. The maximum atomic E-state index is 10.4. The molecule has 0 atom stereocenters. The van der Waals surface area contributed by atoms with Crippen molar-refractivity contribution in [1.29, 1.82) is 0 Å². The Morgan fingerprint density at radius 2 is 2.57 bits per heavy atom. The fourth-order valence-electron chi connectivity index (χ4n) is 0.343. The van der Waals surface area contributed by atoms with Crippen LogP contribution in [0.25, 0.3) is 0 Å². The molecule has 1 aliphatic heterocycles. The van der Waals surface area contributed by atoms with Gasteiger partial charge < -0.3 is 0 Å². The Kier molecular flexibility index (Phi) is 1.54. The van der Waals surface area contributed by atoms with Crippen LogP contribution in [0.3, 0.4) is 0 Å². The third-order valence-electron chi connectivity index (χ3n) is 0.672. The Labute approximate surface area is 54.3 Å². The highest BCUT2D eigenvalue weighted by Crippen LogP contribution is 2.23. The topological polar surface area (TPSA) is 17.1 Å². The summed E-state index contributed by atoms with van der Waals surface area (Å²) in [5.41, 5.74) is 0. The van der Waals surface area contributed by atoms with E-state index in [1.165, 1.54) is 11.8 Å². The Bertz CT molecular complexity index is 130. The Morgan fingerprint density at radius 1 is 1.86 bits per heavy atom. The fraction of sp³-hybridized carbons (Fsp3) is 0.250. The van der Waals surface area contributed by atoms with E-state index in [1.54, 1.807) is 0 Å². The van der Waals surface area contributed by atoms with Gasteiger partial charge in [-0.1, -0.05) is 17.8 Å². The number of hydrogen-bond acceptors (Lipinski definition) is 2. The van der Waals surface area contributed by atoms with Gasteiger partial charge in [-0.15, -0.1) is 0 Å². The van der Waals surface area contributed by atoms with Gasteiger partial charge in [0.25, 0.3) is 0 Å². The van der Waals surface area contributed by atoms with E-state index in [0.717, 1.165) is 10.2 Å². The SMILES string of the molecule is O=C1SCC=C1Br. The molecule has 0 unspecified atom stereocenters. The summed E-state index contributed by atoms with van der Waals surface area (Å²) in [6.45, 7) is 0. The number of thioether (sulfide) groups is 1. The van der Waals surface area contributed by atoms with Crippen molar-refractivity contribution in [3.05, 3.63) is 10.6 Å². The first-order valence-electron chi connectivity index (χ1n) is 1.83. The molecule has 0 aromatic carbocycles. The van der Waals surface area contributed by atoms with E-state index in [-0.39, 0.29) is 5.12 Å². The molecular formula is C4H3BrOS. The molecule has 1 aliphatic rings. The van der Waals surface area contributed by atoms with Crippen molar-refractivity contribution < 1.29 is 4.79 Å². The minimum atomic E-state index is 0.153. The van der Waals surface area contributed by atoms with Crippen LogP contribution in [-0.2, 0) is 4.79 Å². The van der Waals surface area contributed by atoms with Gasteiger partial charge in [0.2, 0.25) is 5.12 Å². The molecule has 7 heavy (non-hydrogen) atoms. The molecule has 1 heterocycles. The monoisotopic (exact) mass is 178 g/mol. The second-order valence-electron chi connectivity index (χ2n) is 1.15. The summed E-state index contributed by atoms with van der Waals surface area (Å²) in [6.07, 6.45) is 1.87. The standard InChI is InChI=1S/C4H3BrOS/c5-3-1-2-7-4(3)6/h1H,2H2. The summed E-state index contributed by atoms with van der Waals surface area (Å²) in [5.74, 6) is 0.833. The van der Waals surface area contributed by atoms with E-state index in [0.29, 0.717) is 0 Å². The van der Waals surface area contributed by atoms with E-state index in [4.69, 9.17) is 0 Å². The van der Waals surface area contributed by atoms with Gasteiger partial charge in [0.1, 0.15) is 0 Å². The van der Waals surface area contributed by atoms with Crippen LogP contribution < -0.4 is 0 Å². The van der Waals surface area contributed by atoms with Crippen molar-refractivity contribution >= 4 is 32.8 Å². The van der Waals surface area contributed by atoms with Gasteiger partial charge in [-0.2, -0.15) is 0 Å². The Hall–Kier alpha value is 0.240. The van der Waals surface area contributed by atoms with E-state index in [9.17, 15) is 4.79 Å². The second-order valence-corrected chi connectivity index (χ2v) is 3.00. The highest BCUT2D eigenvalue weighted by atomic mass is 79.9. The van der Waals surface area contributed by atoms with E-state index < -0.39 is 0 Å². The molecule has 0 aromatic heterocycles. The second kappa shape index (κ2) is 2.01. The highest BCUT2D eigenvalue weighted by Gasteiger charge is 2.11. The zero-order valence-corrected chi connectivity index (χ0v) is 5.88. The van der Waals surface area contributed by atoms with Gasteiger partial charge in [0.15, 0.2) is 0 Å². The van der Waals surface area contributed by atoms with Gasteiger partial charge in [0.05, 0.1) is 4.48 Å². The Balaban J connectivity index is 2.72. The zero-order chi connectivity index (χ0) is 5.28. The van der Waals surface area contributed by atoms with Gasteiger partial charge >= 0.3 is 0 Å². The minimum absolute atomic E-state index is 0.153. The molecular weight excluding hydrogens is 176 g/mol. The first kappa shape index (κ1) is 5.38. The largest absolute Gasteiger partial charge is 0.281 e. The van der Waals surface area contributed by atoms with Crippen molar-refractivity contribution in [2.75, 3.05) is 5.75 Å². The summed E-state index contributed by atoms with van der Waals surface area (Å²) < 4.78 is 0.720. The minimum Gasteiger partial charge on any atom is -0.281 e. The van der Waals surface area contributed by atoms with Crippen molar-refractivity contribution in [1.82, 2.24) is 0 Å². The smallest absolute Gasteiger partial charge is 0.226 e. The molecule has 1 nitrogen and oxygen atoms in total. The molecule has 0 amide bonds. The molecule has 0 spiro atoms. The first-order valence-corrected chi connectivity index (χ1v) is 3.61. The molecule has 1 rings (SSSR count). The quantitative estimate of drug-likeness (QED) is 0.561. The fourth-order valence-corrected chi connectivity index (χ4v) is 1.68. The molecule has 3 heteroatoms. The molecule has 0 saturated carbocycles. The van der Waals surface area contributed by atoms with Crippen molar-refractivity contribution in [2.24, 2.45) is 0 Å². The van der Waals surface area contributed by atoms with Crippen LogP contribution in [0.5, 0.6) is 0 Å². The van der Waals surface area contributed by atoms with Crippen LogP contribution >= 0.6 is 27.7 Å². The van der Waals surface area contributed by atoms with Crippen molar-refractivity contribution in [2.45, 2.75) is 0 Å². The highest BCUT2D eigenvalue weighted by molar-refractivity contribution is 9.12. The van der Waals surface area contributed by atoms with Gasteiger partial charge in [-0.25, -0.2) is 0 Å². The van der Waals surface area contributed by atoms with Crippen LogP contribution in [0.15, 0.2) is 10.6 Å². The van der Waals surface area contributed by atoms with Crippen LogP contribution in [0.1, 0.15) is 0 Å². The lowest BCUT2D eigenvalue weighted by atomic mass is 10.6. The lowest BCUT2D eigenvalue weighted by Crippen LogP contribution is -1.79. The lowest BCUT2D eigenvalue weighted by Gasteiger charge is -1.78. The average Bonchev–Trinajstić information content (AvgIpc) is 1.91. The molecule has 0 radical (unpaired) electrons. The van der Waals surface area contributed by atoms with Gasteiger partial charge in [-0.05, 0) is 15.9 Å². The van der Waals surface area contributed by atoms with Crippen LogP contribution in [0.4, 0.5) is 0 Å². The molecule has 0 N–H and O–H groups in total. The molecule has 0 bridgehead atoms. The zero-order valence-electron chi connectivity index (χ0n) is 3.48. The van der Waals surface area contributed by atoms with E-state index >= 15 is 0 Å². The van der Waals surface area contributed by atoms with Crippen LogP contribution in [0, 0.1) is 0 Å². The molecule has 0 aliphatic carbocycles. The van der Waals surface area contributed by atoms with Gasteiger partial charge in [-0.3, -0.25) is 4.79 Å². The van der Waals surface area contributed by atoms with Crippen LogP contribution in [0.2, 0.25) is 0 Å². The predicted molar refractivity (Wildman–Crippen MR) is 34.5 cm³/mol. The number of hydrogen-bond donors (Lipinski definition) is 0. The van der Waals surface area contributed by atoms with E-state index in [1.807, 2.05) is 6.08 Å². The normalized spacial score (nSPS) is 20.1. The molecule has 0 fully saturated rings. The maximum Gasteiger partial charge on any atom is 0.226 e. The summed E-state index contributed by atoms with van der Waals surface area (Å²) in [4.78, 5) is 10.4. The Morgan fingerprint density at radius 3 is 2.71 bits per heavy atom. The van der Waals surface area contributed by atoms with Crippen LogP contribution in [-0.4, -0.2) is 10.9 Å². The summed E-state index contributed by atoms with van der Waals surface area (Å²) >= 11 is 4.42. The third kappa shape index (κ3) is 1.07. The number of carbonyl (C=O) groups is 1. The van der Waals surface area contributed by atoms with Crippen molar-refractivity contribution in [3.63, 3.8) is 0 Å². The molecule has 38 valence electrons. The number of rotatable bonds is 0. The summed E-state index contributed by atoms with van der Waals surface area (Å²) in [5, 5.41) is 0.153. The maximum absolute atomic E-state index is 10.4. The van der Waals surface area contributed by atoms with E-state index in [2.05, 4.69) is 15.9 Å². The van der Waals surface area contributed by atoms with Gasteiger partial charge in [0, 0.05) is 5.75 Å². The van der Waals surface area contributed by atoms with Crippen molar-refractivity contribution in [3.8, 4) is 0 Å². The number of halogens is 1. The lowest BCUT2D eigenvalue weighted by molar-refractivity contribution is -0.107. The third-order valence-corrected chi connectivity index (χ3v) is 2.43. The molecule has 0 saturated heterocycles. The average molecular weight is 179 g/mol. The summed E-state index contributed by atoms with van der Waals surface area (Å²) in [6, 6.07) is 0. The molecule has 0 aromatic rings. The predicted octanol–water partition coefficient (Wildman–Crippen LogP) is 1.54. The summed E-state index contributed by atoms with van der Waals surface area (Å²) in [7, 11) is 0. The first-order chi connectivity index (χ1) is 3.30.